The van der Waals surface area contributed by atoms with Crippen molar-refractivity contribution in [2.75, 3.05) is 5.73 Å². The molecule has 0 aliphatic heterocycles. The van der Waals surface area contributed by atoms with Gasteiger partial charge in [-0.15, -0.1) is 0 Å². The molecule has 0 fully saturated rings. The first-order valence-electron chi connectivity index (χ1n) is 9.03. The highest BCUT2D eigenvalue weighted by atomic mass is 16.7. The Balaban J connectivity index is 0.000000176. The van der Waals surface area contributed by atoms with E-state index < -0.39 is 11.2 Å². The van der Waals surface area contributed by atoms with Gasteiger partial charge in [0, 0.05) is 6.07 Å². The van der Waals surface area contributed by atoms with E-state index >= 15 is 0 Å². The second-order valence-corrected chi connectivity index (χ2v) is 6.15. The number of hydrogen-bond donors (Lipinski definition) is 2. The number of benzene rings is 3. The Morgan fingerprint density at radius 2 is 1.24 bits per heavy atom. The van der Waals surface area contributed by atoms with E-state index in [2.05, 4.69) is 53.5 Å². The Kier molecular flexibility index (Phi) is 6.62. The molecule has 1 aromatic heterocycles. The van der Waals surface area contributed by atoms with E-state index in [0.29, 0.717) is 4.73 Å². The highest BCUT2D eigenvalue weighted by molar-refractivity contribution is 5.62. The molecule has 1 heterocycles. The predicted octanol–water partition coefficient (Wildman–Crippen LogP) is 3.10. The fourth-order valence-corrected chi connectivity index (χ4v) is 2.60. The van der Waals surface area contributed by atoms with Crippen LogP contribution in [0.3, 0.4) is 0 Å². The first-order chi connectivity index (χ1) is 14.1. The van der Waals surface area contributed by atoms with Gasteiger partial charge in [-0.2, -0.15) is 0 Å². The summed E-state index contributed by atoms with van der Waals surface area (Å²) in [6.07, 6.45) is 0. The molecule has 146 valence electrons. The number of aromatic amines is 1. The summed E-state index contributed by atoms with van der Waals surface area (Å²) in [5.74, 6) is 0.0135. The molecule has 0 saturated carbocycles. The fourth-order valence-electron chi connectivity index (χ4n) is 2.60. The maximum Gasteiger partial charge on any atom is 0.363 e. The zero-order chi connectivity index (χ0) is 20.5. The summed E-state index contributed by atoms with van der Waals surface area (Å²) in [5.41, 5.74) is 7.44. The topological polar surface area (TPSA) is 90.1 Å². The summed E-state index contributed by atoms with van der Waals surface area (Å²) in [5, 5.41) is 0. The Bertz CT molecular complexity index is 1070. The number of nitrogens with two attached hydrogens (primary N) is 1. The first-order valence-corrected chi connectivity index (χ1v) is 9.03. The van der Waals surface area contributed by atoms with Crippen molar-refractivity contribution in [3.8, 4) is 11.1 Å². The summed E-state index contributed by atoms with van der Waals surface area (Å²) in [7, 11) is 0. The molecule has 0 unspecified atom stereocenters. The minimum absolute atomic E-state index is 0.0135. The first kappa shape index (κ1) is 19.7. The van der Waals surface area contributed by atoms with Crippen molar-refractivity contribution in [3.05, 3.63) is 123 Å². The molecule has 0 amide bonds. The summed E-state index contributed by atoms with van der Waals surface area (Å²) in [6, 6.07) is 31.1. The predicted molar refractivity (Wildman–Crippen MR) is 114 cm³/mol. The Labute approximate surface area is 167 Å². The number of hydrogen-bond acceptors (Lipinski definition) is 4. The Morgan fingerprint density at radius 3 is 1.72 bits per heavy atom. The van der Waals surface area contributed by atoms with Gasteiger partial charge in [-0.1, -0.05) is 95.7 Å². The van der Waals surface area contributed by atoms with E-state index in [-0.39, 0.29) is 12.4 Å². The molecule has 4 aromatic rings. The van der Waals surface area contributed by atoms with E-state index in [1.807, 2.05) is 42.5 Å². The minimum Gasteiger partial charge on any atom is -0.401 e. The third-order valence-electron chi connectivity index (χ3n) is 4.00. The lowest BCUT2D eigenvalue weighted by Gasteiger charge is -2.06. The molecular weight excluding hydrogens is 366 g/mol. The van der Waals surface area contributed by atoms with Gasteiger partial charge in [0.05, 0.1) is 0 Å². The molecule has 6 nitrogen and oxygen atoms in total. The fraction of sp³-hybridized carbons (Fsp3) is 0.0435. The van der Waals surface area contributed by atoms with Crippen molar-refractivity contribution in [1.29, 1.82) is 0 Å². The maximum absolute atomic E-state index is 11.4. The van der Waals surface area contributed by atoms with Gasteiger partial charge in [0.25, 0.3) is 5.56 Å². The number of nitrogens with zero attached hydrogens (tertiary/aromatic N) is 1. The normalized spacial score (nSPS) is 9.93. The lowest BCUT2D eigenvalue weighted by atomic mass is 10.1. The van der Waals surface area contributed by atoms with Crippen LogP contribution in [-0.2, 0) is 6.61 Å². The zero-order valence-electron chi connectivity index (χ0n) is 15.7. The summed E-state index contributed by atoms with van der Waals surface area (Å²) >= 11 is 0. The van der Waals surface area contributed by atoms with Crippen LogP contribution in [0.1, 0.15) is 5.56 Å². The van der Waals surface area contributed by atoms with Crippen molar-refractivity contribution < 1.29 is 4.84 Å². The summed E-state index contributed by atoms with van der Waals surface area (Å²) in [6.45, 7) is 0.133. The average molecular weight is 387 g/mol. The largest absolute Gasteiger partial charge is 0.401 e. The number of aromatic nitrogens is 2. The van der Waals surface area contributed by atoms with E-state index in [9.17, 15) is 9.59 Å². The molecule has 0 atom stereocenters. The van der Waals surface area contributed by atoms with Gasteiger partial charge in [-0.05, 0) is 16.7 Å². The smallest absolute Gasteiger partial charge is 0.363 e. The molecule has 3 aromatic carbocycles. The molecule has 6 heteroatoms. The second kappa shape index (κ2) is 9.75. The molecule has 0 aliphatic rings. The minimum atomic E-state index is -0.689. The van der Waals surface area contributed by atoms with Gasteiger partial charge in [-0.25, -0.2) is 4.79 Å². The molecule has 3 N–H and O–H groups in total. The van der Waals surface area contributed by atoms with Crippen molar-refractivity contribution in [3.63, 3.8) is 0 Å². The van der Waals surface area contributed by atoms with Crippen LogP contribution >= 0.6 is 0 Å². The third-order valence-corrected chi connectivity index (χ3v) is 4.00. The SMILES string of the molecule is Nc1cc(=O)n(OCc2ccccc2)c(=O)[nH]1.c1ccc(-c2ccccc2)cc1. The molecule has 0 radical (unpaired) electrons. The number of nitrogens with one attached hydrogen (secondary N) is 1. The van der Waals surface area contributed by atoms with Gasteiger partial charge >= 0.3 is 5.69 Å². The number of nitrogen functional groups attached to an aromatic ring is 1. The molecule has 0 saturated heterocycles. The van der Waals surface area contributed by atoms with E-state index in [1.165, 1.54) is 11.1 Å². The van der Waals surface area contributed by atoms with Gasteiger partial charge in [-0.3, -0.25) is 9.78 Å². The van der Waals surface area contributed by atoms with E-state index in [1.54, 1.807) is 0 Å². The molecule has 0 spiro atoms. The van der Waals surface area contributed by atoms with Gasteiger partial charge in [0.1, 0.15) is 12.4 Å². The molecular formula is C23H21N3O3. The number of H-pyrrole nitrogens is 1. The Hall–Kier alpha value is -4.06. The van der Waals surface area contributed by atoms with Gasteiger partial charge in [0.15, 0.2) is 0 Å². The van der Waals surface area contributed by atoms with Crippen molar-refractivity contribution >= 4 is 5.82 Å². The van der Waals surface area contributed by atoms with Crippen molar-refractivity contribution in [1.82, 2.24) is 9.71 Å². The highest BCUT2D eigenvalue weighted by Gasteiger charge is 2.03. The standard InChI is InChI=1S/C12H10.C11H11N3O3/c1-3-7-11(8-4-1)12-9-5-2-6-10-12;12-9-6-10(15)14(11(16)13-9)17-7-8-4-2-1-3-5-8/h1-10H;1-6H,7,12H2,(H,13,16). The zero-order valence-corrected chi connectivity index (χ0v) is 15.7. The quantitative estimate of drug-likeness (QED) is 0.563. The highest BCUT2D eigenvalue weighted by Crippen LogP contribution is 2.17. The molecule has 4 rings (SSSR count). The lowest BCUT2D eigenvalue weighted by molar-refractivity contribution is 0.0792. The number of rotatable bonds is 4. The van der Waals surface area contributed by atoms with Crippen LogP contribution in [0.4, 0.5) is 5.82 Å². The number of anilines is 1. The van der Waals surface area contributed by atoms with Crippen LogP contribution in [0.5, 0.6) is 0 Å². The average Bonchev–Trinajstić information content (AvgIpc) is 2.75. The third kappa shape index (κ3) is 5.71. The molecule has 0 aliphatic carbocycles. The van der Waals surface area contributed by atoms with Gasteiger partial charge < -0.3 is 10.6 Å². The second-order valence-electron chi connectivity index (χ2n) is 6.15. The van der Waals surface area contributed by atoms with Crippen molar-refractivity contribution in [2.45, 2.75) is 6.61 Å². The molecule has 29 heavy (non-hydrogen) atoms. The Morgan fingerprint density at radius 1 is 0.759 bits per heavy atom. The molecule has 0 bridgehead atoms. The summed E-state index contributed by atoms with van der Waals surface area (Å²) in [4.78, 5) is 30.2. The monoisotopic (exact) mass is 387 g/mol. The van der Waals surface area contributed by atoms with Crippen LogP contribution in [0.25, 0.3) is 11.1 Å². The van der Waals surface area contributed by atoms with Crippen LogP contribution in [0, 0.1) is 0 Å². The van der Waals surface area contributed by atoms with Crippen LogP contribution < -0.4 is 21.8 Å². The van der Waals surface area contributed by atoms with E-state index in [0.717, 1.165) is 11.6 Å². The van der Waals surface area contributed by atoms with Crippen LogP contribution in [0.2, 0.25) is 0 Å². The summed E-state index contributed by atoms with van der Waals surface area (Å²) < 4.78 is 0.642. The maximum atomic E-state index is 11.4. The van der Waals surface area contributed by atoms with Gasteiger partial charge in [0.2, 0.25) is 0 Å². The van der Waals surface area contributed by atoms with Crippen LogP contribution in [0.15, 0.2) is 107 Å². The van der Waals surface area contributed by atoms with E-state index in [4.69, 9.17) is 10.6 Å². The van der Waals surface area contributed by atoms with Crippen LogP contribution in [-0.4, -0.2) is 9.71 Å². The lowest BCUT2D eigenvalue weighted by Crippen LogP contribution is -2.39. The van der Waals surface area contributed by atoms with Crippen molar-refractivity contribution in [2.24, 2.45) is 0 Å².